The highest BCUT2D eigenvalue weighted by molar-refractivity contribution is 6.30. The number of rotatable bonds is 7. The summed E-state index contributed by atoms with van der Waals surface area (Å²) in [6.07, 6.45) is 2.76. The third-order valence-corrected chi connectivity index (χ3v) is 4.13. The summed E-state index contributed by atoms with van der Waals surface area (Å²) >= 11 is 6.09. The summed E-state index contributed by atoms with van der Waals surface area (Å²) in [7, 11) is 0. The summed E-state index contributed by atoms with van der Waals surface area (Å²) in [5.41, 5.74) is 1.17. The Hall–Kier alpha value is -1.24. The summed E-state index contributed by atoms with van der Waals surface area (Å²) in [4.78, 5) is 0. The molecule has 0 saturated heterocycles. The lowest BCUT2D eigenvalue weighted by Gasteiger charge is -2.20. The van der Waals surface area contributed by atoms with Crippen molar-refractivity contribution >= 4 is 11.6 Å². The fourth-order valence-electron chi connectivity index (χ4n) is 2.35. The maximum atomic E-state index is 8.86. The number of hydrogen-bond donors (Lipinski definition) is 1. The van der Waals surface area contributed by atoms with Gasteiger partial charge in [0.2, 0.25) is 0 Å². The first-order valence-electron chi connectivity index (χ1n) is 7.13. The molecule has 1 atom stereocenters. The van der Waals surface area contributed by atoms with Crippen LogP contribution in [0.1, 0.15) is 44.7 Å². The summed E-state index contributed by atoms with van der Waals surface area (Å²) in [6, 6.07) is 8.18. The fourth-order valence-corrected chi connectivity index (χ4v) is 2.53. The first kappa shape index (κ1) is 15.2. The molecule has 1 aliphatic rings. The van der Waals surface area contributed by atoms with E-state index in [2.05, 4.69) is 25.2 Å². The van der Waals surface area contributed by atoms with Gasteiger partial charge in [0.15, 0.2) is 0 Å². The maximum absolute atomic E-state index is 8.86. The Balaban J connectivity index is 2.09. The van der Waals surface area contributed by atoms with Crippen molar-refractivity contribution in [2.45, 2.75) is 39.2 Å². The molecular formula is C16H21ClN2O. The summed E-state index contributed by atoms with van der Waals surface area (Å²) in [6.45, 7) is 5.69. The van der Waals surface area contributed by atoms with E-state index in [1.54, 1.807) is 0 Å². The van der Waals surface area contributed by atoms with Gasteiger partial charge < -0.3 is 10.1 Å². The van der Waals surface area contributed by atoms with Crippen molar-refractivity contribution in [1.29, 1.82) is 5.26 Å². The SMILES string of the molecule is CCNC(C)c1cc(Cl)ccc1OCC1(CC#N)CC1. The Labute approximate surface area is 125 Å². The predicted molar refractivity (Wildman–Crippen MR) is 80.9 cm³/mol. The molecule has 2 rings (SSSR count). The normalized spacial score (nSPS) is 17.3. The maximum Gasteiger partial charge on any atom is 0.124 e. The van der Waals surface area contributed by atoms with Crippen LogP contribution in [-0.2, 0) is 0 Å². The van der Waals surface area contributed by atoms with E-state index in [4.69, 9.17) is 21.6 Å². The van der Waals surface area contributed by atoms with Crippen LogP contribution in [0.15, 0.2) is 18.2 Å². The molecule has 0 spiro atoms. The third-order valence-electron chi connectivity index (χ3n) is 3.89. The van der Waals surface area contributed by atoms with Gasteiger partial charge in [-0.3, -0.25) is 0 Å². The topological polar surface area (TPSA) is 45.0 Å². The molecule has 20 heavy (non-hydrogen) atoms. The second kappa shape index (κ2) is 6.47. The van der Waals surface area contributed by atoms with Gasteiger partial charge in [-0.05, 0) is 44.5 Å². The van der Waals surface area contributed by atoms with Gasteiger partial charge in [-0.25, -0.2) is 0 Å². The second-order valence-electron chi connectivity index (χ2n) is 5.59. The van der Waals surface area contributed by atoms with Gasteiger partial charge in [-0.2, -0.15) is 5.26 Å². The van der Waals surface area contributed by atoms with Crippen LogP contribution in [-0.4, -0.2) is 13.2 Å². The number of benzene rings is 1. The van der Waals surface area contributed by atoms with Crippen molar-refractivity contribution in [2.24, 2.45) is 5.41 Å². The molecule has 1 aromatic carbocycles. The molecule has 0 bridgehead atoms. The molecule has 1 N–H and O–H groups in total. The van der Waals surface area contributed by atoms with Crippen molar-refractivity contribution in [1.82, 2.24) is 5.32 Å². The molecule has 1 saturated carbocycles. The van der Waals surface area contributed by atoms with Crippen LogP contribution in [0.2, 0.25) is 5.02 Å². The molecular weight excluding hydrogens is 272 g/mol. The van der Waals surface area contributed by atoms with Crippen LogP contribution >= 0.6 is 11.6 Å². The van der Waals surface area contributed by atoms with Gasteiger partial charge in [0.05, 0.1) is 12.7 Å². The molecule has 1 aromatic rings. The predicted octanol–water partition coefficient (Wildman–Crippen LogP) is 4.08. The third kappa shape index (κ3) is 3.65. The zero-order valence-electron chi connectivity index (χ0n) is 12.1. The Morgan fingerprint density at radius 2 is 2.25 bits per heavy atom. The first-order chi connectivity index (χ1) is 9.60. The monoisotopic (exact) mass is 292 g/mol. The summed E-state index contributed by atoms with van der Waals surface area (Å²) in [5.74, 6) is 0.868. The highest BCUT2D eigenvalue weighted by Crippen LogP contribution is 2.49. The highest BCUT2D eigenvalue weighted by atomic mass is 35.5. The van der Waals surface area contributed by atoms with E-state index in [0.29, 0.717) is 13.0 Å². The van der Waals surface area contributed by atoms with E-state index in [9.17, 15) is 0 Å². The summed E-state index contributed by atoms with van der Waals surface area (Å²) in [5, 5.41) is 12.9. The fraction of sp³-hybridized carbons (Fsp3) is 0.562. The minimum absolute atomic E-state index is 0.0904. The molecule has 0 aliphatic heterocycles. The van der Waals surface area contributed by atoms with E-state index in [-0.39, 0.29) is 11.5 Å². The lowest BCUT2D eigenvalue weighted by Crippen LogP contribution is -2.20. The minimum atomic E-state index is 0.0904. The quantitative estimate of drug-likeness (QED) is 0.823. The van der Waals surface area contributed by atoms with Crippen LogP contribution < -0.4 is 10.1 Å². The van der Waals surface area contributed by atoms with Crippen molar-refractivity contribution in [2.75, 3.05) is 13.2 Å². The number of nitrogens with one attached hydrogen (secondary N) is 1. The van der Waals surface area contributed by atoms with Crippen LogP contribution in [0.3, 0.4) is 0 Å². The van der Waals surface area contributed by atoms with Crippen LogP contribution in [0, 0.1) is 16.7 Å². The Kier molecular flexibility index (Phi) is 4.91. The van der Waals surface area contributed by atoms with E-state index in [0.717, 1.165) is 35.7 Å². The summed E-state index contributed by atoms with van der Waals surface area (Å²) < 4.78 is 5.99. The molecule has 1 aliphatic carbocycles. The lowest BCUT2D eigenvalue weighted by molar-refractivity contribution is 0.233. The molecule has 0 radical (unpaired) electrons. The van der Waals surface area contributed by atoms with Crippen LogP contribution in [0.5, 0.6) is 5.75 Å². The standard InChI is InChI=1S/C16H21ClN2O/c1-3-19-12(2)14-10-13(17)4-5-15(14)20-11-16(6-7-16)8-9-18/h4-5,10,12,19H,3,6-8,11H2,1-2H3. The van der Waals surface area contributed by atoms with Gasteiger partial charge in [0, 0.05) is 28.5 Å². The van der Waals surface area contributed by atoms with Gasteiger partial charge >= 0.3 is 0 Å². The minimum Gasteiger partial charge on any atom is -0.493 e. The Morgan fingerprint density at radius 1 is 1.50 bits per heavy atom. The number of ether oxygens (including phenoxy) is 1. The molecule has 0 aromatic heterocycles. The van der Waals surface area contributed by atoms with Gasteiger partial charge in [0.1, 0.15) is 5.75 Å². The van der Waals surface area contributed by atoms with Crippen LogP contribution in [0.25, 0.3) is 0 Å². The van der Waals surface area contributed by atoms with E-state index in [1.807, 2.05) is 18.2 Å². The first-order valence-corrected chi connectivity index (χ1v) is 7.50. The molecule has 1 fully saturated rings. The molecule has 1 unspecified atom stereocenters. The number of halogens is 1. The van der Waals surface area contributed by atoms with Crippen molar-refractivity contribution in [3.05, 3.63) is 28.8 Å². The number of nitrogens with zero attached hydrogens (tertiary/aromatic N) is 1. The Bertz CT molecular complexity index is 506. The van der Waals surface area contributed by atoms with Crippen molar-refractivity contribution < 1.29 is 4.74 Å². The molecule has 108 valence electrons. The van der Waals surface area contributed by atoms with Crippen molar-refractivity contribution in [3.63, 3.8) is 0 Å². The molecule has 3 nitrogen and oxygen atoms in total. The lowest BCUT2D eigenvalue weighted by atomic mass is 10.0. The van der Waals surface area contributed by atoms with E-state index >= 15 is 0 Å². The molecule has 0 heterocycles. The second-order valence-corrected chi connectivity index (χ2v) is 6.02. The van der Waals surface area contributed by atoms with Crippen LogP contribution in [0.4, 0.5) is 0 Å². The van der Waals surface area contributed by atoms with Crippen molar-refractivity contribution in [3.8, 4) is 11.8 Å². The number of nitriles is 1. The van der Waals surface area contributed by atoms with E-state index in [1.165, 1.54) is 0 Å². The Morgan fingerprint density at radius 3 is 2.85 bits per heavy atom. The zero-order chi connectivity index (χ0) is 14.6. The molecule has 4 heteroatoms. The smallest absolute Gasteiger partial charge is 0.124 e. The number of hydrogen-bond acceptors (Lipinski definition) is 3. The van der Waals surface area contributed by atoms with Gasteiger partial charge in [-0.1, -0.05) is 18.5 Å². The highest BCUT2D eigenvalue weighted by Gasteiger charge is 2.43. The largest absolute Gasteiger partial charge is 0.493 e. The average Bonchev–Trinajstić information content (AvgIpc) is 3.18. The van der Waals surface area contributed by atoms with Gasteiger partial charge in [-0.15, -0.1) is 0 Å². The average molecular weight is 293 g/mol. The molecule has 0 amide bonds. The van der Waals surface area contributed by atoms with E-state index < -0.39 is 0 Å². The van der Waals surface area contributed by atoms with Gasteiger partial charge in [0.25, 0.3) is 0 Å². The zero-order valence-corrected chi connectivity index (χ0v) is 12.8.